The monoisotopic (exact) mass is 672 g/mol. The van der Waals surface area contributed by atoms with E-state index in [1.807, 2.05) is 72.8 Å². The largest absolute Gasteiger partial charge is 1.00 e. The summed E-state index contributed by atoms with van der Waals surface area (Å²) in [4.78, 5) is 35.2. The number of hydrogen-bond acceptors (Lipinski definition) is 9. The number of benzene rings is 4. The van der Waals surface area contributed by atoms with E-state index in [1.165, 1.54) is 12.1 Å². The molecule has 7 aromatic rings. The molecule has 46 heavy (non-hydrogen) atoms. The van der Waals surface area contributed by atoms with E-state index in [9.17, 15) is 13.0 Å². The molecule has 2 aliphatic heterocycles. The second-order valence-electron chi connectivity index (χ2n) is 10.4. The average Bonchev–Trinajstić information content (AvgIpc) is 3.76. The number of aromatic nitrogens is 8. The molecule has 0 atom stereocenters. The van der Waals surface area contributed by atoms with Gasteiger partial charge in [0.05, 0.1) is 4.90 Å². The molecular weight excluding hydrogens is 655 g/mol. The Morgan fingerprint density at radius 3 is 1.30 bits per heavy atom. The van der Waals surface area contributed by atoms with Crippen molar-refractivity contribution in [1.29, 1.82) is 0 Å². The van der Waals surface area contributed by atoms with E-state index in [1.54, 1.807) is 6.07 Å². The molecule has 0 amide bonds. The van der Waals surface area contributed by atoms with Crippen LogP contribution in [0.1, 0.15) is 0 Å². The van der Waals surface area contributed by atoms with Gasteiger partial charge in [-0.05, 0) is 6.07 Å². The SMILES string of the molecule is O=S(=O)([O-])c1cccc2c3nc4nc(nc5[nH]c(nc6nc(nc([nH]3)c12)-c1ccccc1-6)c1ccccc51)-c1ccccc1-4.[Fe].[Na+]. The maximum Gasteiger partial charge on any atom is 1.00 e. The van der Waals surface area contributed by atoms with Crippen LogP contribution in [0, 0.1) is 0 Å². The summed E-state index contributed by atoms with van der Waals surface area (Å²) in [6, 6.07) is 27.4. The summed E-state index contributed by atoms with van der Waals surface area (Å²) in [6.45, 7) is 0. The third-order valence-electron chi connectivity index (χ3n) is 7.81. The van der Waals surface area contributed by atoms with Gasteiger partial charge in [0.2, 0.25) is 0 Å². The van der Waals surface area contributed by atoms with Crippen LogP contribution < -0.4 is 29.6 Å². The van der Waals surface area contributed by atoms with E-state index in [2.05, 4.69) is 9.97 Å². The quantitative estimate of drug-likeness (QED) is 0.197. The normalized spacial score (nSPS) is 11.8. The first-order valence-corrected chi connectivity index (χ1v) is 15.0. The first-order chi connectivity index (χ1) is 21.4. The Morgan fingerprint density at radius 1 is 0.478 bits per heavy atom. The number of H-pyrrole nitrogens is 2. The molecule has 11 nitrogen and oxygen atoms in total. The van der Waals surface area contributed by atoms with E-state index in [-0.39, 0.29) is 57.7 Å². The first-order valence-electron chi connectivity index (χ1n) is 13.6. The van der Waals surface area contributed by atoms with Gasteiger partial charge in [0.15, 0.2) is 23.3 Å². The molecular formula is C32H17FeN8NaO3S. The number of nitrogens with one attached hydrogen (secondary N) is 2. The summed E-state index contributed by atoms with van der Waals surface area (Å²) in [5, 5.41) is 2.24. The Kier molecular flexibility index (Phi) is 7.37. The van der Waals surface area contributed by atoms with E-state index in [0.29, 0.717) is 51.2 Å². The fourth-order valence-corrected chi connectivity index (χ4v) is 6.57. The number of fused-ring (bicyclic) bond motifs is 20. The van der Waals surface area contributed by atoms with Crippen molar-refractivity contribution in [3.05, 3.63) is 91.0 Å². The third-order valence-corrected chi connectivity index (χ3v) is 8.69. The van der Waals surface area contributed by atoms with Crippen LogP contribution in [0.5, 0.6) is 0 Å². The van der Waals surface area contributed by atoms with Crippen molar-refractivity contribution in [3.63, 3.8) is 0 Å². The van der Waals surface area contributed by atoms with Crippen LogP contribution in [-0.2, 0) is 27.2 Å². The summed E-state index contributed by atoms with van der Waals surface area (Å²) in [6.07, 6.45) is 0. The summed E-state index contributed by atoms with van der Waals surface area (Å²) in [5.41, 5.74) is 4.55. The van der Waals surface area contributed by atoms with Crippen molar-refractivity contribution in [3.8, 4) is 45.6 Å². The molecule has 218 valence electrons. The van der Waals surface area contributed by atoms with Gasteiger partial charge >= 0.3 is 29.6 Å². The molecule has 8 bridgehead atoms. The molecule has 14 heteroatoms. The summed E-state index contributed by atoms with van der Waals surface area (Å²) in [5.74, 6) is 1.55. The predicted octanol–water partition coefficient (Wildman–Crippen LogP) is 2.77. The fourth-order valence-electron chi connectivity index (χ4n) is 5.87. The minimum Gasteiger partial charge on any atom is -0.744 e. The van der Waals surface area contributed by atoms with Crippen LogP contribution in [0.15, 0.2) is 95.9 Å². The second kappa shape index (κ2) is 11.2. The average molecular weight is 672 g/mol. The van der Waals surface area contributed by atoms with Crippen molar-refractivity contribution >= 4 is 54.3 Å². The summed E-state index contributed by atoms with van der Waals surface area (Å²) >= 11 is 0. The van der Waals surface area contributed by atoms with E-state index >= 15 is 0 Å². The van der Waals surface area contributed by atoms with Crippen molar-refractivity contribution in [2.75, 3.05) is 0 Å². The summed E-state index contributed by atoms with van der Waals surface area (Å²) < 4.78 is 37.2. The summed E-state index contributed by atoms with van der Waals surface area (Å²) in [7, 11) is -4.87. The molecule has 3 aromatic heterocycles. The molecule has 9 rings (SSSR count). The van der Waals surface area contributed by atoms with Crippen LogP contribution in [0.2, 0.25) is 0 Å². The Morgan fingerprint density at radius 2 is 0.848 bits per heavy atom. The van der Waals surface area contributed by atoms with Gasteiger partial charge in [0, 0.05) is 60.9 Å². The number of aromatic amines is 2. The van der Waals surface area contributed by atoms with E-state index < -0.39 is 15.0 Å². The topological polar surface area (TPSA) is 166 Å². The number of rotatable bonds is 1. The standard InChI is InChI=1S/C32H18N8O3S.Fe.Na/c41-44(42,43)23-15-7-14-22-24(23)32-39-30-21-13-6-5-12-20(21)28(37-30)35-26-17-9-2-1-8-16(17)25(33-26)34-27-18-10-3-4-11-19(18)29(36-27)38-31(22)40-32;;/h1-15H,(H,41,42,43)(H2,33,34,35,36,37,38,39,40);;/q;;+1/p-1. The molecule has 0 saturated heterocycles. The molecule has 4 aromatic carbocycles. The van der Waals surface area contributed by atoms with Gasteiger partial charge in [0.25, 0.3) is 0 Å². The Bertz CT molecular complexity index is 2670. The van der Waals surface area contributed by atoms with Gasteiger partial charge in [-0.1, -0.05) is 84.9 Å². The minimum atomic E-state index is -4.87. The molecule has 0 aliphatic carbocycles. The second-order valence-corrected chi connectivity index (χ2v) is 11.7. The van der Waals surface area contributed by atoms with E-state index in [0.717, 1.165) is 27.5 Å². The van der Waals surface area contributed by atoms with Crippen molar-refractivity contribution in [2.45, 2.75) is 4.90 Å². The predicted molar refractivity (Wildman–Crippen MR) is 164 cm³/mol. The van der Waals surface area contributed by atoms with Crippen molar-refractivity contribution < 1.29 is 59.6 Å². The zero-order valence-corrected chi connectivity index (χ0v) is 27.8. The molecule has 0 unspecified atom stereocenters. The van der Waals surface area contributed by atoms with Crippen molar-refractivity contribution in [2.24, 2.45) is 0 Å². The van der Waals surface area contributed by atoms with Gasteiger partial charge in [-0.3, -0.25) is 0 Å². The van der Waals surface area contributed by atoms with Crippen LogP contribution in [0.4, 0.5) is 0 Å². The smallest absolute Gasteiger partial charge is 0.744 e. The fraction of sp³-hybridized carbons (Fsp3) is 0. The molecule has 0 radical (unpaired) electrons. The van der Waals surface area contributed by atoms with Gasteiger partial charge in [-0.2, -0.15) is 0 Å². The minimum absolute atomic E-state index is 0. The maximum absolute atomic E-state index is 12.4. The number of hydrogen-bond donors (Lipinski definition) is 2. The Hall–Kier alpha value is -4.33. The van der Waals surface area contributed by atoms with E-state index in [4.69, 9.17) is 29.9 Å². The van der Waals surface area contributed by atoms with Gasteiger partial charge < -0.3 is 14.5 Å². The molecule has 2 aliphatic rings. The van der Waals surface area contributed by atoms with Gasteiger partial charge in [-0.25, -0.2) is 38.3 Å². The molecule has 0 fully saturated rings. The third kappa shape index (κ3) is 4.67. The van der Waals surface area contributed by atoms with Gasteiger partial charge in [-0.15, -0.1) is 0 Å². The van der Waals surface area contributed by atoms with Crippen molar-refractivity contribution in [1.82, 2.24) is 39.9 Å². The zero-order chi connectivity index (χ0) is 29.6. The van der Waals surface area contributed by atoms with Crippen LogP contribution in [0.3, 0.4) is 0 Å². The Balaban J connectivity index is 0.00000169. The zero-order valence-electron chi connectivity index (χ0n) is 23.8. The molecule has 0 saturated carbocycles. The molecule has 0 spiro atoms. The first kappa shape index (κ1) is 30.3. The van der Waals surface area contributed by atoms with Crippen LogP contribution >= 0.6 is 0 Å². The van der Waals surface area contributed by atoms with Crippen LogP contribution in [0.25, 0.3) is 89.7 Å². The van der Waals surface area contributed by atoms with Gasteiger partial charge in [0.1, 0.15) is 32.7 Å². The Labute approximate surface area is 293 Å². The maximum atomic E-state index is 12.4. The molecule has 2 N–H and O–H groups in total. The van der Waals surface area contributed by atoms with Crippen LogP contribution in [-0.4, -0.2) is 52.8 Å². The number of nitrogens with zero attached hydrogens (tertiary/aromatic N) is 6. The molecule has 5 heterocycles.